The minimum Gasteiger partial charge on any atom is -0.496 e. The highest BCUT2D eigenvalue weighted by atomic mass is 32.1. The molecule has 0 aliphatic carbocycles. The quantitative estimate of drug-likeness (QED) is 0.345. The van der Waals surface area contributed by atoms with E-state index in [4.69, 9.17) is 4.74 Å². The fourth-order valence-corrected chi connectivity index (χ4v) is 4.40. The third-order valence-corrected chi connectivity index (χ3v) is 6.14. The number of benzene rings is 2. The monoisotopic (exact) mass is 436 g/mol. The van der Waals surface area contributed by atoms with E-state index in [1.807, 2.05) is 35.6 Å². The molecule has 31 heavy (non-hydrogen) atoms. The Morgan fingerprint density at radius 1 is 1.26 bits per heavy atom. The number of amides is 1. The lowest BCUT2D eigenvalue weighted by molar-refractivity contribution is -0.384. The van der Waals surface area contributed by atoms with Crippen LogP contribution < -0.4 is 10.1 Å². The number of nitrogens with one attached hydrogen (secondary N) is 1. The summed E-state index contributed by atoms with van der Waals surface area (Å²) in [4.78, 5) is 29.1. The van der Waals surface area contributed by atoms with Crippen LogP contribution in [0.15, 0.2) is 54.7 Å². The molecule has 1 amide bonds. The standard InChI is InChI=1S/C22H20N4O4S/c1-14-20(21(27)23-11-10-15-6-3-4-9-19(15)30-2)31-22-24-18(13-25(14)22)16-7-5-8-17(12-16)26(28)29/h3-9,12-13H,10-11H2,1-2H3,(H,23,27). The van der Waals surface area contributed by atoms with Crippen molar-refractivity contribution in [3.8, 4) is 17.0 Å². The van der Waals surface area contributed by atoms with Gasteiger partial charge in [0.05, 0.1) is 17.7 Å². The molecule has 0 fully saturated rings. The molecule has 2 heterocycles. The lowest BCUT2D eigenvalue weighted by Gasteiger charge is -2.08. The number of methoxy groups -OCH3 is 1. The Morgan fingerprint density at radius 2 is 2.06 bits per heavy atom. The molecule has 2 aromatic heterocycles. The van der Waals surface area contributed by atoms with E-state index in [2.05, 4.69) is 10.3 Å². The van der Waals surface area contributed by atoms with Crippen LogP contribution in [0.5, 0.6) is 5.75 Å². The fourth-order valence-electron chi connectivity index (χ4n) is 3.38. The average molecular weight is 436 g/mol. The zero-order chi connectivity index (χ0) is 22.0. The van der Waals surface area contributed by atoms with E-state index in [0.29, 0.717) is 34.1 Å². The number of nitro benzene ring substituents is 1. The molecular weight excluding hydrogens is 416 g/mol. The molecule has 0 bridgehead atoms. The van der Waals surface area contributed by atoms with Crippen LogP contribution in [0.1, 0.15) is 20.9 Å². The summed E-state index contributed by atoms with van der Waals surface area (Å²) in [5.41, 5.74) is 3.11. The van der Waals surface area contributed by atoms with Gasteiger partial charge >= 0.3 is 0 Å². The van der Waals surface area contributed by atoms with E-state index >= 15 is 0 Å². The van der Waals surface area contributed by atoms with E-state index in [1.54, 1.807) is 25.4 Å². The van der Waals surface area contributed by atoms with Gasteiger partial charge in [-0.3, -0.25) is 19.3 Å². The molecule has 4 aromatic rings. The van der Waals surface area contributed by atoms with E-state index in [9.17, 15) is 14.9 Å². The molecule has 0 aliphatic heterocycles. The second-order valence-electron chi connectivity index (χ2n) is 6.92. The number of rotatable bonds is 7. The van der Waals surface area contributed by atoms with Gasteiger partial charge in [0.2, 0.25) is 0 Å². The van der Waals surface area contributed by atoms with Gasteiger partial charge in [0.15, 0.2) is 4.96 Å². The first-order chi connectivity index (χ1) is 15.0. The summed E-state index contributed by atoms with van der Waals surface area (Å²) in [6.07, 6.45) is 2.46. The fraction of sp³-hybridized carbons (Fsp3) is 0.182. The van der Waals surface area contributed by atoms with Gasteiger partial charge in [0.25, 0.3) is 11.6 Å². The number of para-hydroxylation sites is 1. The number of thiazole rings is 1. The van der Waals surface area contributed by atoms with Crippen LogP contribution >= 0.6 is 11.3 Å². The first kappa shape index (κ1) is 20.5. The van der Waals surface area contributed by atoms with E-state index < -0.39 is 4.92 Å². The van der Waals surface area contributed by atoms with Gasteiger partial charge in [0, 0.05) is 36.1 Å². The van der Waals surface area contributed by atoms with Gasteiger partial charge in [-0.25, -0.2) is 4.98 Å². The SMILES string of the molecule is COc1ccccc1CCNC(=O)c1sc2nc(-c3cccc([N+](=O)[O-])c3)cn2c1C. The van der Waals surface area contributed by atoms with Crippen LogP contribution in [0.25, 0.3) is 16.2 Å². The van der Waals surface area contributed by atoms with Crippen LogP contribution in [0.2, 0.25) is 0 Å². The van der Waals surface area contributed by atoms with Crippen molar-refractivity contribution in [3.05, 3.63) is 81.0 Å². The van der Waals surface area contributed by atoms with E-state index in [-0.39, 0.29) is 11.6 Å². The molecule has 0 saturated heterocycles. The number of fused-ring (bicyclic) bond motifs is 1. The normalized spacial score (nSPS) is 10.9. The Labute approximate surface area is 182 Å². The van der Waals surface area contributed by atoms with Crippen molar-refractivity contribution in [2.75, 3.05) is 13.7 Å². The molecule has 0 atom stereocenters. The zero-order valence-corrected chi connectivity index (χ0v) is 17.8. The minimum atomic E-state index is -0.430. The van der Waals surface area contributed by atoms with Crippen LogP contribution in [-0.2, 0) is 6.42 Å². The van der Waals surface area contributed by atoms with Gasteiger partial charge in [-0.2, -0.15) is 0 Å². The highest BCUT2D eigenvalue weighted by Gasteiger charge is 2.18. The number of imidazole rings is 1. The number of hydrogen-bond acceptors (Lipinski definition) is 6. The molecule has 0 aliphatic rings. The summed E-state index contributed by atoms with van der Waals surface area (Å²) in [7, 11) is 1.63. The van der Waals surface area contributed by atoms with Crippen LogP contribution in [-0.4, -0.2) is 33.9 Å². The molecule has 0 unspecified atom stereocenters. The molecule has 4 rings (SSSR count). The number of nitrogens with zero attached hydrogens (tertiary/aromatic N) is 3. The molecule has 0 spiro atoms. The highest BCUT2D eigenvalue weighted by Crippen LogP contribution is 2.28. The number of carbonyl (C=O) groups excluding carboxylic acids is 1. The molecule has 9 heteroatoms. The molecule has 158 valence electrons. The Balaban J connectivity index is 1.49. The number of hydrogen-bond donors (Lipinski definition) is 1. The number of aryl methyl sites for hydroxylation is 1. The number of aromatic nitrogens is 2. The molecule has 2 aromatic carbocycles. The number of ether oxygens (including phenoxy) is 1. The Morgan fingerprint density at radius 3 is 2.81 bits per heavy atom. The van der Waals surface area contributed by atoms with Crippen molar-refractivity contribution < 1.29 is 14.5 Å². The summed E-state index contributed by atoms with van der Waals surface area (Å²) in [6.45, 7) is 2.34. The maximum Gasteiger partial charge on any atom is 0.270 e. The van der Waals surface area contributed by atoms with Gasteiger partial charge < -0.3 is 10.1 Å². The second-order valence-corrected chi connectivity index (χ2v) is 7.90. The van der Waals surface area contributed by atoms with Crippen molar-refractivity contribution in [1.82, 2.24) is 14.7 Å². The number of non-ortho nitro benzene ring substituents is 1. The van der Waals surface area contributed by atoms with Crippen molar-refractivity contribution in [1.29, 1.82) is 0 Å². The van der Waals surface area contributed by atoms with Gasteiger partial charge in [-0.1, -0.05) is 41.7 Å². The lowest BCUT2D eigenvalue weighted by atomic mass is 10.1. The van der Waals surface area contributed by atoms with Crippen molar-refractivity contribution in [2.24, 2.45) is 0 Å². The van der Waals surface area contributed by atoms with Crippen molar-refractivity contribution in [3.63, 3.8) is 0 Å². The van der Waals surface area contributed by atoms with Crippen LogP contribution in [0.4, 0.5) is 5.69 Å². The van der Waals surface area contributed by atoms with Gasteiger partial charge in [-0.05, 0) is 25.0 Å². The van der Waals surface area contributed by atoms with E-state index in [1.165, 1.54) is 23.5 Å². The maximum absolute atomic E-state index is 12.7. The predicted octanol–water partition coefficient (Wildman–Crippen LogP) is 4.26. The number of nitro groups is 1. The third kappa shape index (κ3) is 4.13. The Hall–Kier alpha value is -3.72. The smallest absolute Gasteiger partial charge is 0.270 e. The molecular formula is C22H20N4O4S. The summed E-state index contributed by atoms with van der Waals surface area (Å²) in [5, 5.41) is 14.0. The van der Waals surface area contributed by atoms with Gasteiger partial charge in [-0.15, -0.1) is 0 Å². The summed E-state index contributed by atoms with van der Waals surface area (Å²) >= 11 is 1.29. The lowest BCUT2D eigenvalue weighted by Crippen LogP contribution is -2.25. The third-order valence-electron chi connectivity index (χ3n) is 4.99. The summed E-state index contributed by atoms with van der Waals surface area (Å²) in [6, 6.07) is 14.1. The average Bonchev–Trinajstić information content (AvgIpc) is 3.33. The van der Waals surface area contributed by atoms with Gasteiger partial charge in [0.1, 0.15) is 10.6 Å². The second kappa shape index (κ2) is 8.57. The maximum atomic E-state index is 12.7. The molecule has 1 N–H and O–H groups in total. The van der Waals surface area contributed by atoms with Crippen LogP contribution in [0, 0.1) is 17.0 Å². The van der Waals surface area contributed by atoms with E-state index in [0.717, 1.165) is 17.0 Å². The van der Waals surface area contributed by atoms with Crippen LogP contribution in [0.3, 0.4) is 0 Å². The summed E-state index contributed by atoms with van der Waals surface area (Å²) in [5.74, 6) is 0.649. The van der Waals surface area contributed by atoms with Crippen molar-refractivity contribution in [2.45, 2.75) is 13.3 Å². The number of carbonyl (C=O) groups is 1. The largest absolute Gasteiger partial charge is 0.496 e. The molecule has 8 nitrogen and oxygen atoms in total. The summed E-state index contributed by atoms with van der Waals surface area (Å²) < 4.78 is 7.19. The minimum absolute atomic E-state index is 0.0145. The highest BCUT2D eigenvalue weighted by molar-refractivity contribution is 7.19. The molecule has 0 saturated carbocycles. The Kier molecular flexibility index (Phi) is 5.68. The molecule has 0 radical (unpaired) electrons. The Bertz CT molecular complexity index is 1280. The zero-order valence-electron chi connectivity index (χ0n) is 17.0. The topological polar surface area (TPSA) is 98.8 Å². The predicted molar refractivity (Wildman–Crippen MR) is 119 cm³/mol. The van der Waals surface area contributed by atoms with Crippen molar-refractivity contribution >= 4 is 27.9 Å². The first-order valence-electron chi connectivity index (χ1n) is 9.61. The first-order valence-corrected chi connectivity index (χ1v) is 10.4.